The standard InChI is InChI=1S/C56H84O11/c1-10-50(6,47(60)67-56(32(2)3)41-20-35-14-36(22-41)23-42(56)21-35)29-52(8,48(61)65-53(9)39-16-33-13-34(18-39)19-40(53)17-33)30-51(7,46(59)64-43-11-12-63-44(43)57)28-49(4,5)45(58)66-55-26-37-15-38(27-55)25-54(62,24-37)31-55/h32-43,62H,10-31H2,1-9H3. The van der Waals surface area contributed by atoms with Crippen LogP contribution >= 0.6 is 0 Å². The van der Waals surface area contributed by atoms with Crippen molar-refractivity contribution < 1.29 is 52.8 Å². The third-order valence-corrected chi connectivity index (χ3v) is 21.3. The molecular formula is C56H84O11. The third-order valence-electron chi connectivity index (χ3n) is 21.3. The number of carbonyl (C=O) groups excluding carboxylic acids is 5. The Morgan fingerprint density at radius 1 is 0.627 bits per heavy atom. The topological polar surface area (TPSA) is 152 Å². The van der Waals surface area contributed by atoms with Crippen molar-refractivity contribution in [2.45, 2.75) is 226 Å². The normalized spacial score (nSPS) is 44.7. The summed E-state index contributed by atoms with van der Waals surface area (Å²) in [7, 11) is 0. The third kappa shape index (κ3) is 8.11. The molecule has 1 aliphatic heterocycles. The molecular weight excluding hydrogens is 849 g/mol. The highest BCUT2D eigenvalue weighted by molar-refractivity contribution is 5.86. The Balaban J connectivity index is 0.984. The number of ether oxygens (including phenoxy) is 5. The Morgan fingerprint density at radius 3 is 1.58 bits per heavy atom. The Labute approximate surface area is 400 Å². The van der Waals surface area contributed by atoms with Gasteiger partial charge in [0, 0.05) is 12.8 Å². The van der Waals surface area contributed by atoms with Crippen molar-refractivity contribution in [3.63, 3.8) is 0 Å². The molecule has 67 heavy (non-hydrogen) atoms. The number of cyclic esters (lactones) is 1. The minimum absolute atomic E-state index is 0.0587. The van der Waals surface area contributed by atoms with Gasteiger partial charge in [0.25, 0.3) is 0 Å². The van der Waals surface area contributed by atoms with Crippen LogP contribution in [0.2, 0.25) is 0 Å². The first kappa shape index (κ1) is 48.0. The largest absolute Gasteiger partial charge is 0.463 e. The summed E-state index contributed by atoms with van der Waals surface area (Å²) in [5, 5.41) is 11.6. The highest BCUT2D eigenvalue weighted by Crippen LogP contribution is 2.64. The monoisotopic (exact) mass is 933 g/mol. The van der Waals surface area contributed by atoms with Crippen LogP contribution in [0.1, 0.15) is 197 Å². The smallest absolute Gasteiger partial charge is 0.347 e. The second-order valence-corrected chi connectivity index (χ2v) is 27.6. The van der Waals surface area contributed by atoms with E-state index in [1.807, 2.05) is 20.8 Å². The van der Waals surface area contributed by atoms with E-state index >= 15 is 14.4 Å². The number of hydrogen-bond donors (Lipinski definition) is 1. The molecule has 374 valence electrons. The molecule has 1 N–H and O–H groups in total. The molecule has 0 amide bonds. The van der Waals surface area contributed by atoms with Crippen LogP contribution in [0.25, 0.3) is 0 Å². The lowest BCUT2D eigenvalue weighted by molar-refractivity contribution is -0.234. The van der Waals surface area contributed by atoms with E-state index in [0.717, 1.165) is 83.5 Å². The van der Waals surface area contributed by atoms with Gasteiger partial charge in [-0.1, -0.05) is 20.8 Å². The summed E-state index contributed by atoms with van der Waals surface area (Å²) in [5.74, 6) is 2.02. The fourth-order valence-corrected chi connectivity index (χ4v) is 19.0. The Hall–Kier alpha value is -2.69. The summed E-state index contributed by atoms with van der Waals surface area (Å²) in [5.41, 5.74) is -8.24. The predicted octanol–water partition coefficient (Wildman–Crippen LogP) is 10.2. The molecule has 13 fully saturated rings. The van der Waals surface area contributed by atoms with Gasteiger partial charge in [-0.15, -0.1) is 0 Å². The summed E-state index contributed by atoms with van der Waals surface area (Å²) >= 11 is 0. The Kier molecular flexibility index (Phi) is 11.6. The number of aliphatic hydroxyl groups is 1. The number of esters is 5. The molecule has 1 heterocycles. The second kappa shape index (κ2) is 16.2. The molecule has 0 radical (unpaired) electrons. The van der Waals surface area contributed by atoms with Gasteiger partial charge in [-0.3, -0.25) is 19.2 Å². The van der Waals surface area contributed by atoms with Gasteiger partial charge in [0.15, 0.2) is 0 Å². The van der Waals surface area contributed by atoms with E-state index in [2.05, 4.69) is 20.8 Å². The number of carbonyl (C=O) groups is 5. The van der Waals surface area contributed by atoms with E-state index in [1.54, 1.807) is 20.8 Å². The van der Waals surface area contributed by atoms with E-state index in [-0.39, 0.29) is 56.0 Å². The van der Waals surface area contributed by atoms with Gasteiger partial charge in [-0.05, 0) is 229 Å². The zero-order valence-electron chi connectivity index (χ0n) is 42.5. The Morgan fingerprint density at radius 2 is 1.10 bits per heavy atom. The van der Waals surface area contributed by atoms with E-state index in [0.29, 0.717) is 60.2 Å². The van der Waals surface area contributed by atoms with Crippen molar-refractivity contribution in [1.29, 1.82) is 0 Å². The maximum Gasteiger partial charge on any atom is 0.347 e. The Bertz CT molecular complexity index is 1950. The molecule has 12 bridgehead atoms. The van der Waals surface area contributed by atoms with Crippen LogP contribution < -0.4 is 0 Å². The fraction of sp³-hybridized carbons (Fsp3) is 0.911. The van der Waals surface area contributed by atoms with E-state index in [1.165, 1.54) is 12.8 Å². The quantitative estimate of drug-likeness (QED) is 0.116. The van der Waals surface area contributed by atoms with Crippen LogP contribution in [0.4, 0.5) is 0 Å². The molecule has 0 spiro atoms. The lowest BCUT2D eigenvalue weighted by Crippen LogP contribution is -2.63. The number of rotatable bonds is 16. The molecule has 6 atom stereocenters. The maximum absolute atomic E-state index is 15.8. The van der Waals surface area contributed by atoms with Crippen molar-refractivity contribution in [1.82, 2.24) is 0 Å². The highest BCUT2D eigenvalue weighted by Gasteiger charge is 2.65. The molecule has 0 aromatic heterocycles. The van der Waals surface area contributed by atoms with Gasteiger partial charge in [-0.25, -0.2) is 4.79 Å². The first-order valence-electron chi connectivity index (χ1n) is 27.1. The van der Waals surface area contributed by atoms with Gasteiger partial charge in [0.2, 0.25) is 6.10 Å². The average molecular weight is 933 g/mol. The molecule has 1 saturated heterocycles. The minimum Gasteiger partial charge on any atom is -0.463 e. The molecule has 6 unspecified atom stereocenters. The SMILES string of the molecule is CCC(C)(CC(C)(CC(C)(CC(C)(C)C(=O)OC12CC3CC(CC(O)(C3)C1)C2)C(=O)OC1CCOC1=O)C(=O)OC1(C)C2CC3CC(C2)CC1C3)C(=O)OC1(C(C)C)C2CC3CC(C2)CC1C3. The minimum atomic E-state index is -1.54. The zero-order chi connectivity index (χ0) is 47.9. The fourth-order valence-electron chi connectivity index (χ4n) is 19.0. The van der Waals surface area contributed by atoms with Crippen molar-refractivity contribution in [2.75, 3.05) is 6.61 Å². The molecule has 0 aromatic rings. The number of hydrogen-bond acceptors (Lipinski definition) is 11. The lowest BCUT2D eigenvalue weighted by Gasteiger charge is -2.62. The van der Waals surface area contributed by atoms with Gasteiger partial charge in [0.1, 0.15) is 16.8 Å². The summed E-state index contributed by atoms with van der Waals surface area (Å²) in [6, 6.07) is 0. The highest BCUT2D eigenvalue weighted by atomic mass is 16.6. The van der Waals surface area contributed by atoms with Crippen LogP contribution in [0.3, 0.4) is 0 Å². The van der Waals surface area contributed by atoms with Crippen LogP contribution in [0.15, 0.2) is 0 Å². The molecule has 0 aromatic carbocycles. The van der Waals surface area contributed by atoms with Crippen LogP contribution in [-0.4, -0.2) is 70.1 Å². The molecule has 11 heteroatoms. The van der Waals surface area contributed by atoms with E-state index in [9.17, 15) is 14.7 Å². The van der Waals surface area contributed by atoms with E-state index < -0.39 is 74.0 Å². The zero-order valence-corrected chi connectivity index (χ0v) is 42.5. The van der Waals surface area contributed by atoms with Crippen LogP contribution in [0, 0.1) is 86.8 Å². The first-order chi connectivity index (χ1) is 31.3. The van der Waals surface area contributed by atoms with Gasteiger partial charge >= 0.3 is 29.8 Å². The lowest BCUT2D eigenvalue weighted by atomic mass is 9.47. The summed E-state index contributed by atoms with van der Waals surface area (Å²) in [4.78, 5) is 73.9. The van der Waals surface area contributed by atoms with E-state index in [4.69, 9.17) is 23.7 Å². The maximum atomic E-state index is 15.8. The second-order valence-electron chi connectivity index (χ2n) is 27.6. The summed E-state index contributed by atoms with van der Waals surface area (Å²) < 4.78 is 32.1. The molecule has 12 aliphatic carbocycles. The van der Waals surface area contributed by atoms with Crippen molar-refractivity contribution in [3.05, 3.63) is 0 Å². The molecule has 13 aliphatic rings. The molecule has 12 saturated carbocycles. The van der Waals surface area contributed by atoms with Crippen molar-refractivity contribution >= 4 is 29.8 Å². The van der Waals surface area contributed by atoms with Crippen LogP contribution in [0.5, 0.6) is 0 Å². The van der Waals surface area contributed by atoms with Gasteiger partial charge in [-0.2, -0.15) is 0 Å². The van der Waals surface area contributed by atoms with Crippen molar-refractivity contribution in [3.8, 4) is 0 Å². The molecule has 11 nitrogen and oxygen atoms in total. The predicted molar refractivity (Wildman–Crippen MR) is 248 cm³/mol. The van der Waals surface area contributed by atoms with Crippen LogP contribution in [-0.2, 0) is 47.7 Å². The van der Waals surface area contributed by atoms with Crippen molar-refractivity contribution in [2.24, 2.45) is 86.8 Å². The van der Waals surface area contributed by atoms with Gasteiger partial charge < -0.3 is 28.8 Å². The summed E-state index contributed by atoms with van der Waals surface area (Å²) in [6.07, 6.45) is 14.8. The molecule has 13 rings (SSSR count). The average Bonchev–Trinajstić information content (AvgIpc) is 3.62. The van der Waals surface area contributed by atoms with Gasteiger partial charge in [0.05, 0.1) is 33.9 Å². The summed E-state index contributed by atoms with van der Waals surface area (Å²) in [6.45, 7) is 17.8. The first-order valence-corrected chi connectivity index (χ1v) is 27.1.